The van der Waals surface area contributed by atoms with E-state index in [1.54, 1.807) is 6.20 Å². The normalized spacial score (nSPS) is 12.7. The number of hydrogen-bond donors (Lipinski definition) is 1. The van der Waals surface area contributed by atoms with Crippen LogP contribution in [0.3, 0.4) is 0 Å². The maximum Gasteiger partial charge on any atom is 0.111 e. The Hall–Kier alpha value is -1.13. The minimum Gasteiger partial charge on any atom is -0.388 e. The minimum absolute atomic E-state index is 0.517. The van der Waals surface area contributed by atoms with E-state index in [9.17, 15) is 5.11 Å². The lowest BCUT2D eigenvalue weighted by molar-refractivity contribution is 0.174. The highest BCUT2D eigenvalue weighted by Gasteiger charge is 2.13. The molecule has 2 aromatic rings. The fourth-order valence-electron chi connectivity index (χ4n) is 2.06. The van der Waals surface area contributed by atoms with Crippen LogP contribution in [-0.2, 0) is 13.5 Å². The third-order valence-corrected chi connectivity index (χ3v) is 4.39. The van der Waals surface area contributed by atoms with Crippen molar-refractivity contribution >= 4 is 15.9 Å². The van der Waals surface area contributed by atoms with Gasteiger partial charge in [-0.25, -0.2) is 4.98 Å². The van der Waals surface area contributed by atoms with Crippen molar-refractivity contribution in [1.29, 1.82) is 0 Å². The third kappa shape index (κ3) is 2.65. The molecule has 1 aromatic heterocycles. The Kier molecular flexibility index (Phi) is 3.88. The lowest BCUT2D eigenvalue weighted by atomic mass is 10.0. The number of aryl methyl sites for hydroxylation is 3. The van der Waals surface area contributed by atoms with Gasteiger partial charge < -0.3 is 9.67 Å². The highest BCUT2D eigenvalue weighted by atomic mass is 79.9. The Bertz CT molecular complexity index is 540. The van der Waals surface area contributed by atoms with Gasteiger partial charge >= 0.3 is 0 Å². The largest absolute Gasteiger partial charge is 0.388 e. The van der Waals surface area contributed by atoms with Crippen LogP contribution in [0.2, 0.25) is 0 Å². The molecule has 1 N–H and O–H groups in total. The SMILES string of the molecule is Cc1cc(C(O)Cc2nccn2C)cc(C)c1Br. The molecule has 0 fully saturated rings. The summed E-state index contributed by atoms with van der Waals surface area (Å²) in [4.78, 5) is 4.24. The van der Waals surface area contributed by atoms with E-state index < -0.39 is 6.10 Å². The first-order chi connectivity index (χ1) is 8.49. The number of aliphatic hydroxyl groups is 1. The van der Waals surface area contributed by atoms with Crippen LogP contribution in [0.4, 0.5) is 0 Å². The van der Waals surface area contributed by atoms with Crippen molar-refractivity contribution in [2.45, 2.75) is 26.4 Å². The van der Waals surface area contributed by atoms with Gasteiger partial charge in [0.15, 0.2) is 0 Å². The van der Waals surface area contributed by atoms with Gasteiger partial charge in [-0.1, -0.05) is 28.1 Å². The molecule has 96 valence electrons. The third-order valence-electron chi connectivity index (χ3n) is 3.14. The van der Waals surface area contributed by atoms with Crippen molar-refractivity contribution in [3.63, 3.8) is 0 Å². The second-order valence-corrected chi connectivity index (χ2v) is 5.44. The van der Waals surface area contributed by atoms with E-state index in [1.807, 2.05) is 43.8 Å². The minimum atomic E-state index is -0.517. The van der Waals surface area contributed by atoms with E-state index in [0.29, 0.717) is 6.42 Å². The van der Waals surface area contributed by atoms with Crippen molar-refractivity contribution in [2.75, 3.05) is 0 Å². The molecule has 2 rings (SSSR count). The van der Waals surface area contributed by atoms with Crippen LogP contribution in [0.25, 0.3) is 0 Å². The summed E-state index contributed by atoms with van der Waals surface area (Å²) in [6, 6.07) is 4.04. The number of benzene rings is 1. The first-order valence-corrected chi connectivity index (χ1v) is 6.69. The lowest BCUT2D eigenvalue weighted by Crippen LogP contribution is -2.07. The monoisotopic (exact) mass is 308 g/mol. The molecule has 4 heteroatoms. The highest BCUT2D eigenvalue weighted by Crippen LogP contribution is 2.26. The Morgan fingerprint density at radius 3 is 2.44 bits per heavy atom. The smallest absolute Gasteiger partial charge is 0.111 e. The predicted molar refractivity (Wildman–Crippen MR) is 75.5 cm³/mol. The average Bonchev–Trinajstić information content (AvgIpc) is 2.71. The molecule has 1 aromatic carbocycles. The van der Waals surface area contributed by atoms with Gasteiger partial charge in [-0.3, -0.25) is 0 Å². The summed E-state index contributed by atoms with van der Waals surface area (Å²) < 4.78 is 3.04. The van der Waals surface area contributed by atoms with Gasteiger partial charge in [0.25, 0.3) is 0 Å². The van der Waals surface area contributed by atoms with Crippen LogP contribution in [0.1, 0.15) is 28.6 Å². The first-order valence-electron chi connectivity index (χ1n) is 5.90. The number of aromatic nitrogens is 2. The van der Waals surface area contributed by atoms with Crippen molar-refractivity contribution in [3.8, 4) is 0 Å². The zero-order chi connectivity index (χ0) is 13.3. The number of nitrogens with zero attached hydrogens (tertiary/aromatic N) is 2. The van der Waals surface area contributed by atoms with Crippen LogP contribution in [0, 0.1) is 13.8 Å². The molecular weight excluding hydrogens is 292 g/mol. The van der Waals surface area contributed by atoms with Crippen molar-refractivity contribution < 1.29 is 5.11 Å². The maximum absolute atomic E-state index is 10.3. The first kappa shape index (κ1) is 13.3. The van der Waals surface area contributed by atoms with Gasteiger partial charge in [-0.2, -0.15) is 0 Å². The van der Waals surface area contributed by atoms with Crippen molar-refractivity contribution in [2.24, 2.45) is 7.05 Å². The summed E-state index contributed by atoms with van der Waals surface area (Å²) in [5.74, 6) is 0.890. The molecule has 3 nitrogen and oxygen atoms in total. The molecule has 0 spiro atoms. The number of imidazole rings is 1. The van der Waals surface area contributed by atoms with Crippen molar-refractivity contribution in [1.82, 2.24) is 9.55 Å². The van der Waals surface area contributed by atoms with Gasteiger partial charge in [0, 0.05) is 30.3 Å². The van der Waals surface area contributed by atoms with Crippen LogP contribution in [0.5, 0.6) is 0 Å². The van der Waals surface area contributed by atoms with Crippen LogP contribution >= 0.6 is 15.9 Å². The van der Waals surface area contributed by atoms with Crippen LogP contribution < -0.4 is 0 Å². The summed E-state index contributed by atoms with van der Waals surface area (Å²) in [6.45, 7) is 4.07. The number of halogens is 1. The Labute approximate surface area is 116 Å². The van der Waals surface area contributed by atoms with E-state index in [-0.39, 0.29) is 0 Å². The average molecular weight is 309 g/mol. The van der Waals surface area contributed by atoms with E-state index in [1.165, 1.54) is 0 Å². The summed E-state index contributed by atoms with van der Waals surface area (Å²) in [5, 5.41) is 10.3. The predicted octanol–water partition coefficient (Wildman–Crippen LogP) is 3.08. The summed E-state index contributed by atoms with van der Waals surface area (Å²) >= 11 is 3.54. The Balaban J connectivity index is 2.24. The Morgan fingerprint density at radius 1 is 1.33 bits per heavy atom. The summed E-state index contributed by atoms with van der Waals surface area (Å²) in [5.41, 5.74) is 3.23. The molecule has 1 atom stereocenters. The highest BCUT2D eigenvalue weighted by molar-refractivity contribution is 9.10. The molecule has 0 aliphatic heterocycles. The van der Waals surface area contributed by atoms with Gasteiger partial charge in [0.05, 0.1) is 6.10 Å². The molecule has 0 saturated carbocycles. The Morgan fingerprint density at radius 2 is 1.94 bits per heavy atom. The van der Waals surface area contributed by atoms with Crippen LogP contribution in [0.15, 0.2) is 29.0 Å². The van der Waals surface area contributed by atoms with Gasteiger partial charge in [-0.15, -0.1) is 0 Å². The number of aliphatic hydroxyl groups excluding tert-OH is 1. The molecule has 0 radical (unpaired) electrons. The van der Waals surface area contributed by atoms with Gasteiger partial charge in [0.1, 0.15) is 5.82 Å². The van der Waals surface area contributed by atoms with Crippen LogP contribution in [-0.4, -0.2) is 14.7 Å². The zero-order valence-corrected chi connectivity index (χ0v) is 12.4. The van der Waals surface area contributed by atoms with E-state index in [0.717, 1.165) is 27.0 Å². The quantitative estimate of drug-likeness (QED) is 0.946. The molecule has 0 saturated heterocycles. The van der Waals surface area contributed by atoms with Gasteiger partial charge in [-0.05, 0) is 30.5 Å². The fourth-order valence-corrected chi connectivity index (χ4v) is 2.28. The topological polar surface area (TPSA) is 38.1 Å². The fraction of sp³-hybridized carbons (Fsp3) is 0.357. The molecule has 1 unspecified atom stereocenters. The van der Waals surface area contributed by atoms with E-state index in [4.69, 9.17) is 0 Å². The molecule has 0 aliphatic rings. The second-order valence-electron chi connectivity index (χ2n) is 4.64. The molecular formula is C14H17BrN2O. The summed E-state index contributed by atoms with van der Waals surface area (Å²) in [6.07, 6.45) is 3.65. The molecule has 0 aliphatic carbocycles. The maximum atomic E-state index is 10.3. The molecule has 18 heavy (non-hydrogen) atoms. The van der Waals surface area contributed by atoms with E-state index >= 15 is 0 Å². The zero-order valence-electron chi connectivity index (χ0n) is 10.8. The lowest BCUT2D eigenvalue weighted by Gasteiger charge is -2.14. The van der Waals surface area contributed by atoms with E-state index in [2.05, 4.69) is 20.9 Å². The van der Waals surface area contributed by atoms with Gasteiger partial charge in [0.2, 0.25) is 0 Å². The second kappa shape index (κ2) is 5.24. The van der Waals surface area contributed by atoms with Crippen molar-refractivity contribution in [3.05, 3.63) is 51.5 Å². The standard InChI is InChI=1S/C14H17BrN2O/c1-9-6-11(7-10(2)14(9)15)12(18)8-13-16-4-5-17(13)3/h4-7,12,18H,8H2,1-3H3. The molecule has 0 bridgehead atoms. The molecule has 1 heterocycles. The summed E-state index contributed by atoms with van der Waals surface area (Å²) in [7, 11) is 1.94. The molecule has 0 amide bonds. The number of rotatable bonds is 3. The number of hydrogen-bond acceptors (Lipinski definition) is 2.